The zero-order valence-electron chi connectivity index (χ0n) is 16.0. The number of amides is 1. The molecule has 3 rings (SSSR count). The van der Waals surface area contributed by atoms with Crippen molar-refractivity contribution in [2.45, 2.75) is 25.4 Å². The maximum atomic E-state index is 13.1. The minimum absolute atomic E-state index is 0.0620. The highest BCUT2D eigenvalue weighted by atomic mass is 16.4. The monoisotopic (exact) mass is 395 g/mol. The molecule has 8 nitrogen and oxygen atoms in total. The summed E-state index contributed by atoms with van der Waals surface area (Å²) in [5, 5.41) is 11.8. The Hall–Kier alpha value is -3.68. The van der Waals surface area contributed by atoms with E-state index < -0.39 is 35.2 Å². The molecule has 0 unspecified atom stereocenters. The van der Waals surface area contributed by atoms with Crippen LogP contribution < -0.4 is 16.6 Å². The van der Waals surface area contributed by atoms with Gasteiger partial charge in [0, 0.05) is 13.5 Å². The fraction of sp³-hybridized carbons (Fsp3) is 0.238. The van der Waals surface area contributed by atoms with Crippen LogP contribution in [-0.4, -0.2) is 32.2 Å². The molecule has 0 aliphatic heterocycles. The Morgan fingerprint density at radius 3 is 2.31 bits per heavy atom. The second kappa shape index (κ2) is 8.14. The number of carbonyl (C=O) groups is 2. The molecule has 2 N–H and O–H groups in total. The van der Waals surface area contributed by atoms with Crippen LogP contribution >= 0.6 is 0 Å². The second-order valence-electron chi connectivity index (χ2n) is 6.81. The molecule has 3 aromatic rings. The number of aromatic nitrogens is 2. The number of aliphatic carboxylic acids is 1. The number of hydrogen-bond acceptors (Lipinski definition) is 4. The van der Waals surface area contributed by atoms with Crippen molar-refractivity contribution in [3.05, 3.63) is 81.0 Å². The van der Waals surface area contributed by atoms with E-state index in [0.29, 0.717) is 10.9 Å². The lowest BCUT2D eigenvalue weighted by Gasteiger charge is -2.21. The summed E-state index contributed by atoms with van der Waals surface area (Å²) in [5.74, 6) is -1.92. The molecule has 0 spiro atoms. The molecule has 1 heterocycles. The summed E-state index contributed by atoms with van der Waals surface area (Å²) >= 11 is 0. The second-order valence-corrected chi connectivity index (χ2v) is 6.81. The van der Waals surface area contributed by atoms with Gasteiger partial charge in [-0.15, -0.1) is 0 Å². The molecule has 0 radical (unpaired) electrons. The predicted molar refractivity (Wildman–Crippen MR) is 108 cm³/mol. The van der Waals surface area contributed by atoms with Crippen LogP contribution in [-0.2, 0) is 23.1 Å². The molecule has 0 aliphatic rings. The number of fused-ring (bicyclic) bond motifs is 1. The zero-order chi connectivity index (χ0) is 21.1. The first kappa shape index (κ1) is 20.1. The van der Waals surface area contributed by atoms with Crippen molar-refractivity contribution in [2.24, 2.45) is 7.05 Å². The van der Waals surface area contributed by atoms with E-state index in [1.165, 1.54) is 18.5 Å². The maximum absolute atomic E-state index is 13.1. The van der Waals surface area contributed by atoms with E-state index in [9.17, 15) is 19.2 Å². The van der Waals surface area contributed by atoms with Gasteiger partial charge in [0.05, 0.1) is 10.9 Å². The number of rotatable bonds is 6. The molecule has 0 aliphatic carbocycles. The van der Waals surface area contributed by atoms with Crippen molar-refractivity contribution in [3.8, 4) is 0 Å². The van der Waals surface area contributed by atoms with E-state index in [2.05, 4.69) is 5.32 Å². The molecule has 150 valence electrons. The van der Waals surface area contributed by atoms with Gasteiger partial charge < -0.3 is 10.4 Å². The highest BCUT2D eigenvalue weighted by Gasteiger charge is 2.28. The van der Waals surface area contributed by atoms with E-state index in [-0.39, 0.29) is 6.42 Å². The Balaban J connectivity index is 2.18. The number of carboxylic acid groups (broad SMARTS) is 1. The highest BCUT2D eigenvalue weighted by Crippen LogP contribution is 2.14. The number of aryl methyl sites for hydroxylation is 1. The fourth-order valence-corrected chi connectivity index (χ4v) is 3.21. The number of carbonyl (C=O) groups excluding carboxylic acids is 1. The number of hydrogen-bond donors (Lipinski definition) is 2. The third-order valence-electron chi connectivity index (χ3n) is 4.82. The Morgan fingerprint density at radius 2 is 1.66 bits per heavy atom. The van der Waals surface area contributed by atoms with Crippen LogP contribution in [0, 0.1) is 0 Å². The number of carboxylic acids is 1. The van der Waals surface area contributed by atoms with Gasteiger partial charge in [-0.05, 0) is 24.6 Å². The molecule has 0 saturated carbocycles. The van der Waals surface area contributed by atoms with E-state index in [4.69, 9.17) is 5.11 Å². The molecule has 0 bridgehead atoms. The minimum Gasteiger partial charge on any atom is -0.480 e. The largest absolute Gasteiger partial charge is 0.480 e. The fourth-order valence-electron chi connectivity index (χ4n) is 3.21. The van der Waals surface area contributed by atoms with Crippen molar-refractivity contribution < 1.29 is 14.7 Å². The Bertz CT molecular complexity index is 1180. The lowest BCUT2D eigenvalue weighted by Crippen LogP contribution is -2.50. The van der Waals surface area contributed by atoms with Crippen molar-refractivity contribution in [1.29, 1.82) is 0 Å². The molecule has 1 aromatic heterocycles. The summed E-state index contributed by atoms with van der Waals surface area (Å²) in [4.78, 5) is 50.2. The van der Waals surface area contributed by atoms with Crippen LogP contribution in [0.1, 0.15) is 18.5 Å². The Labute approximate surface area is 166 Å². The van der Waals surface area contributed by atoms with Crippen LogP contribution in [0.4, 0.5) is 0 Å². The van der Waals surface area contributed by atoms with E-state index in [1.807, 2.05) is 6.07 Å². The van der Waals surface area contributed by atoms with E-state index in [1.54, 1.807) is 48.5 Å². The van der Waals surface area contributed by atoms with Crippen LogP contribution in [0.5, 0.6) is 0 Å². The lowest BCUT2D eigenvalue weighted by atomic mass is 10.0. The molecule has 2 aromatic carbocycles. The molecular weight excluding hydrogens is 374 g/mol. The average Bonchev–Trinajstić information content (AvgIpc) is 2.72. The average molecular weight is 395 g/mol. The van der Waals surface area contributed by atoms with Gasteiger partial charge in [0.25, 0.3) is 5.56 Å². The van der Waals surface area contributed by atoms with Crippen molar-refractivity contribution >= 4 is 22.8 Å². The third-order valence-corrected chi connectivity index (χ3v) is 4.82. The summed E-state index contributed by atoms with van der Waals surface area (Å²) in [6.07, 6.45) is 0.0620. The lowest BCUT2D eigenvalue weighted by molar-refractivity contribution is -0.141. The quantitative estimate of drug-likeness (QED) is 0.649. The third kappa shape index (κ3) is 3.96. The van der Waals surface area contributed by atoms with Gasteiger partial charge in [-0.25, -0.2) is 9.36 Å². The van der Waals surface area contributed by atoms with Gasteiger partial charge in [0.1, 0.15) is 12.1 Å². The van der Waals surface area contributed by atoms with Crippen molar-refractivity contribution in [1.82, 2.24) is 14.5 Å². The highest BCUT2D eigenvalue weighted by molar-refractivity contribution is 5.86. The first-order valence-electron chi connectivity index (χ1n) is 9.08. The first-order chi connectivity index (χ1) is 13.8. The first-order valence-corrected chi connectivity index (χ1v) is 9.08. The van der Waals surface area contributed by atoms with Gasteiger partial charge >= 0.3 is 11.7 Å². The summed E-state index contributed by atoms with van der Waals surface area (Å²) in [6.45, 7) is 1.32. The smallest absolute Gasteiger partial charge is 0.331 e. The number of benzene rings is 2. The minimum atomic E-state index is -1.21. The maximum Gasteiger partial charge on any atom is 0.331 e. The molecule has 8 heteroatoms. The van der Waals surface area contributed by atoms with Crippen molar-refractivity contribution in [2.75, 3.05) is 0 Å². The number of nitrogens with zero attached hydrogens (tertiary/aromatic N) is 2. The molecule has 0 fully saturated rings. The summed E-state index contributed by atoms with van der Waals surface area (Å²) < 4.78 is 2.21. The normalized spacial score (nSPS) is 13.0. The summed E-state index contributed by atoms with van der Waals surface area (Å²) in [5.41, 5.74) is -0.0511. The van der Waals surface area contributed by atoms with Gasteiger partial charge in [-0.3, -0.25) is 19.0 Å². The summed E-state index contributed by atoms with van der Waals surface area (Å²) in [7, 11) is 1.53. The summed E-state index contributed by atoms with van der Waals surface area (Å²) in [6, 6.07) is 13.2. The van der Waals surface area contributed by atoms with Gasteiger partial charge in [0.15, 0.2) is 0 Å². The SMILES string of the molecule is C[C@@H](NC(=O)[C@H](Cc1ccccc1)n1c(=O)c2ccccc2n(C)c1=O)C(=O)O. The Kier molecular flexibility index (Phi) is 5.63. The molecule has 2 atom stereocenters. The van der Waals surface area contributed by atoms with Crippen molar-refractivity contribution in [3.63, 3.8) is 0 Å². The van der Waals surface area contributed by atoms with Crippen LogP contribution in [0.2, 0.25) is 0 Å². The molecule has 1 amide bonds. The van der Waals surface area contributed by atoms with Crippen LogP contribution in [0.3, 0.4) is 0 Å². The Morgan fingerprint density at radius 1 is 1.03 bits per heavy atom. The standard InChI is InChI=1S/C21H21N3O5/c1-13(20(27)28)22-18(25)17(12-14-8-4-3-5-9-14)24-19(26)15-10-6-7-11-16(15)23(2)21(24)29/h3-11,13,17H,12H2,1-2H3,(H,22,25)(H,27,28)/t13-,17+/m1/s1. The van der Waals surface area contributed by atoms with Gasteiger partial charge in [-0.2, -0.15) is 0 Å². The molecular formula is C21H21N3O5. The molecule has 0 saturated heterocycles. The van der Waals surface area contributed by atoms with Crippen LogP contribution in [0.15, 0.2) is 64.2 Å². The van der Waals surface area contributed by atoms with Gasteiger partial charge in [0.2, 0.25) is 5.91 Å². The molecule has 29 heavy (non-hydrogen) atoms. The number of para-hydroxylation sites is 1. The topological polar surface area (TPSA) is 110 Å². The van der Waals surface area contributed by atoms with E-state index >= 15 is 0 Å². The van der Waals surface area contributed by atoms with Crippen LogP contribution in [0.25, 0.3) is 10.9 Å². The van der Waals surface area contributed by atoms with Gasteiger partial charge in [-0.1, -0.05) is 42.5 Å². The predicted octanol–water partition coefficient (Wildman–Crippen LogP) is 1.07. The number of nitrogens with one attached hydrogen (secondary N) is 1. The zero-order valence-corrected chi connectivity index (χ0v) is 16.0. The van der Waals surface area contributed by atoms with E-state index in [0.717, 1.165) is 10.1 Å².